The van der Waals surface area contributed by atoms with E-state index in [0.29, 0.717) is 24.3 Å². The number of hydrogen-bond donors (Lipinski definition) is 3. The summed E-state index contributed by atoms with van der Waals surface area (Å²) in [5.41, 5.74) is -0.350. The van der Waals surface area contributed by atoms with Gasteiger partial charge in [-0.15, -0.1) is 0 Å². The molecule has 1 aliphatic heterocycles. The summed E-state index contributed by atoms with van der Waals surface area (Å²) in [6, 6.07) is 7.15. The van der Waals surface area contributed by atoms with Crippen LogP contribution in [0.4, 0.5) is 0 Å². The molecular weight excluding hydrogens is 440 g/mol. The van der Waals surface area contributed by atoms with Crippen LogP contribution in [0.1, 0.15) is 67.4 Å². The molecule has 0 bridgehead atoms. The Morgan fingerprint density at radius 1 is 1.15 bits per heavy atom. The van der Waals surface area contributed by atoms with Crippen molar-refractivity contribution in [3.63, 3.8) is 0 Å². The first kappa shape index (κ1) is 25.5. The van der Waals surface area contributed by atoms with E-state index in [1.54, 1.807) is 58.9 Å². The lowest BCUT2D eigenvalue weighted by Crippen LogP contribution is -2.39. The van der Waals surface area contributed by atoms with Gasteiger partial charge in [-0.25, -0.2) is 0 Å². The number of amides is 1. The van der Waals surface area contributed by atoms with E-state index < -0.39 is 46.5 Å². The maximum absolute atomic E-state index is 13.3. The molecular formula is C25H32N2O7. The number of hydrogen-bond acceptors (Lipinski definition) is 7. The molecule has 0 radical (unpaired) electrons. The predicted molar refractivity (Wildman–Crippen MR) is 125 cm³/mol. The van der Waals surface area contributed by atoms with Gasteiger partial charge in [0.25, 0.3) is 11.5 Å². The summed E-state index contributed by atoms with van der Waals surface area (Å²) >= 11 is 0. The number of nitrogens with one attached hydrogen (secondary N) is 1. The van der Waals surface area contributed by atoms with Gasteiger partial charge >= 0.3 is 5.97 Å². The van der Waals surface area contributed by atoms with Crippen molar-refractivity contribution >= 4 is 11.9 Å². The van der Waals surface area contributed by atoms with Crippen molar-refractivity contribution in [2.75, 3.05) is 13.2 Å². The summed E-state index contributed by atoms with van der Waals surface area (Å²) in [5, 5.41) is 23.3. The van der Waals surface area contributed by atoms with Gasteiger partial charge in [0.15, 0.2) is 0 Å². The van der Waals surface area contributed by atoms with Crippen molar-refractivity contribution in [3.8, 4) is 5.75 Å². The highest BCUT2D eigenvalue weighted by Gasteiger charge is 2.28. The van der Waals surface area contributed by atoms with E-state index in [1.807, 2.05) is 0 Å². The van der Waals surface area contributed by atoms with Crippen LogP contribution in [-0.2, 0) is 39.4 Å². The van der Waals surface area contributed by atoms with Crippen molar-refractivity contribution in [1.82, 2.24) is 9.88 Å². The van der Waals surface area contributed by atoms with E-state index in [1.165, 1.54) is 4.57 Å². The van der Waals surface area contributed by atoms with Gasteiger partial charge in [-0.05, 0) is 45.7 Å². The van der Waals surface area contributed by atoms with E-state index in [9.17, 15) is 24.6 Å². The first-order valence-corrected chi connectivity index (χ1v) is 11.1. The van der Waals surface area contributed by atoms with Crippen LogP contribution < -0.4 is 10.9 Å². The number of nitrogens with zero attached hydrogens (tertiary/aromatic N) is 1. The topological polar surface area (TPSA) is 127 Å². The molecule has 0 saturated heterocycles. The average Bonchev–Trinajstić information content (AvgIpc) is 2.74. The maximum Gasteiger partial charge on any atom is 0.325 e. The monoisotopic (exact) mass is 472 g/mol. The molecule has 34 heavy (non-hydrogen) atoms. The second kappa shape index (κ2) is 9.60. The Morgan fingerprint density at radius 3 is 2.38 bits per heavy atom. The van der Waals surface area contributed by atoms with Gasteiger partial charge in [0.2, 0.25) is 0 Å². The molecule has 9 heteroatoms. The molecule has 2 aromatic rings. The highest BCUT2D eigenvalue weighted by atomic mass is 16.6. The van der Waals surface area contributed by atoms with Crippen LogP contribution in [0.2, 0.25) is 0 Å². The summed E-state index contributed by atoms with van der Waals surface area (Å²) in [4.78, 5) is 38.2. The number of aliphatic hydroxyl groups is 1. The Labute approximate surface area is 198 Å². The molecule has 2 heterocycles. The van der Waals surface area contributed by atoms with Crippen LogP contribution in [0, 0.1) is 0 Å². The second-order valence-corrected chi connectivity index (χ2v) is 9.87. The third kappa shape index (κ3) is 5.84. The number of carbonyl (C=O) groups is 2. The Kier molecular flexibility index (Phi) is 7.18. The van der Waals surface area contributed by atoms with Crippen molar-refractivity contribution < 1.29 is 29.3 Å². The Balaban J connectivity index is 1.94. The number of fused-ring (bicyclic) bond motifs is 1. The van der Waals surface area contributed by atoms with E-state index in [2.05, 4.69) is 5.32 Å². The smallest absolute Gasteiger partial charge is 0.325 e. The summed E-state index contributed by atoms with van der Waals surface area (Å²) in [7, 11) is 0. The molecule has 1 aliphatic rings. The first-order chi connectivity index (χ1) is 15.8. The molecule has 3 rings (SSSR count). The van der Waals surface area contributed by atoms with Crippen LogP contribution in [0.25, 0.3) is 0 Å². The minimum atomic E-state index is -1.000. The number of carbonyl (C=O) groups excluding carboxylic acids is 2. The second-order valence-electron chi connectivity index (χ2n) is 9.87. The van der Waals surface area contributed by atoms with Gasteiger partial charge in [0.05, 0.1) is 31.1 Å². The van der Waals surface area contributed by atoms with Gasteiger partial charge < -0.3 is 29.6 Å². The zero-order valence-electron chi connectivity index (χ0n) is 20.2. The highest BCUT2D eigenvalue weighted by molar-refractivity contribution is 5.98. The summed E-state index contributed by atoms with van der Waals surface area (Å²) in [6.45, 7) is 8.66. The fraction of sp³-hybridized carbons (Fsp3) is 0.480. The summed E-state index contributed by atoms with van der Waals surface area (Å²) in [6.07, 6.45) is 0.339. The summed E-state index contributed by atoms with van der Waals surface area (Å²) < 4.78 is 12.1. The fourth-order valence-electron chi connectivity index (χ4n) is 3.77. The Hall–Kier alpha value is -3.17. The molecule has 0 saturated carbocycles. The van der Waals surface area contributed by atoms with Crippen molar-refractivity contribution in [3.05, 3.63) is 62.6 Å². The SMILES string of the molecule is CC(C)(C)OC(=O)CNC(=O)c1c(O)c2c(n(Cc3ccc(C(C)(C)O)cc3)c1=O)COCC2. The van der Waals surface area contributed by atoms with E-state index in [4.69, 9.17) is 9.47 Å². The maximum atomic E-state index is 13.3. The number of rotatable bonds is 6. The molecule has 1 amide bonds. The fourth-order valence-corrected chi connectivity index (χ4v) is 3.77. The Morgan fingerprint density at radius 2 is 1.79 bits per heavy atom. The lowest BCUT2D eigenvalue weighted by Gasteiger charge is -2.24. The third-order valence-electron chi connectivity index (χ3n) is 5.43. The number of pyridine rings is 1. The van der Waals surface area contributed by atoms with Crippen LogP contribution in [0.5, 0.6) is 5.75 Å². The number of ether oxygens (including phenoxy) is 2. The lowest BCUT2D eigenvalue weighted by molar-refractivity contribution is -0.153. The number of esters is 1. The molecule has 0 spiro atoms. The molecule has 0 atom stereocenters. The van der Waals surface area contributed by atoms with E-state index in [0.717, 1.165) is 11.1 Å². The molecule has 1 aromatic carbocycles. The first-order valence-electron chi connectivity index (χ1n) is 11.1. The highest BCUT2D eigenvalue weighted by Crippen LogP contribution is 2.28. The van der Waals surface area contributed by atoms with Crippen LogP contribution in [0.3, 0.4) is 0 Å². The van der Waals surface area contributed by atoms with Crippen molar-refractivity contribution in [1.29, 1.82) is 0 Å². The molecule has 9 nitrogen and oxygen atoms in total. The molecule has 0 fully saturated rings. The van der Waals surface area contributed by atoms with Gasteiger partial charge in [-0.3, -0.25) is 14.4 Å². The minimum Gasteiger partial charge on any atom is -0.507 e. The van der Waals surface area contributed by atoms with E-state index in [-0.39, 0.29) is 13.2 Å². The molecule has 0 unspecified atom stereocenters. The Bertz CT molecular complexity index is 1140. The third-order valence-corrected chi connectivity index (χ3v) is 5.43. The standard InChI is InChI=1S/C25H32N2O7/c1-24(2,3)34-19(28)12-26-22(30)20-21(29)17-10-11-33-14-18(17)27(23(20)31)13-15-6-8-16(9-7-15)25(4,5)32/h6-9,29,32H,10-14H2,1-5H3,(H,26,30). The molecule has 3 N–H and O–H groups in total. The largest absolute Gasteiger partial charge is 0.507 e. The zero-order valence-corrected chi connectivity index (χ0v) is 20.2. The zero-order chi connectivity index (χ0) is 25.3. The van der Waals surface area contributed by atoms with Gasteiger partial charge in [-0.2, -0.15) is 0 Å². The quantitative estimate of drug-likeness (QED) is 0.549. The van der Waals surface area contributed by atoms with Crippen LogP contribution in [-0.4, -0.2) is 45.4 Å². The number of aromatic nitrogens is 1. The number of benzene rings is 1. The van der Waals surface area contributed by atoms with Crippen molar-refractivity contribution in [2.24, 2.45) is 0 Å². The number of aromatic hydroxyl groups is 1. The van der Waals surface area contributed by atoms with Crippen LogP contribution in [0.15, 0.2) is 29.1 Å². The van der Waals surface area contributed by atoms with Gasteiger partial charge in [0.1, 0.15) is 23.5 Å². The average molecular weight is 473 g/mol. The molecule has 1 aromatic heterocycles. The van der Waals surface area contributed by atoms with Gasteiger partial charge in [-0.1, -0.05) is 24.3 Å². The normalized spacial score (nSPS) is 13.8. The van der Waals surface area contributed by atoms with Crippen molar-refractivity contribution in [2.45, 2.75) is 65.4 Å². The lowest BCUT2D eigenvalue weighted by atomic mass is 9.97. The minimum absolute atomic E-state index is 0.125. The van der Waals surface area contributed by atoms with Gasteiger partial charge in [0, 0.05) is 12.0 Å². The van der Waals surface area contributed by atoms with E-state index >= 15 is 0 Å². The molecule has 184 valence electrons. The molecule has 0 aliphatic carbocycles. The predicted octanol–water partition coefficient (Wildman–Crippen LogP) is 1.97. The van der Waals surface area contributed by atoms with Crippen LogP contribution >= 0.6 is 0 Å². The summed E-state index contributed by atoms with van der Waals surface area (Å²) in [5.74, 6) is -1.90.